The predicted molar refractivity (Wildman–Crippen MR) is 49.9 cm³/mol. The van der Waals surface area contributed by atoms with E-state index in [0.717, 1.165) is 0 Å². The highest BCUT2D eigenvalue weighted by Gasteiger charge is 2.41. The molecule has 0 aromatic carbocycles. The van der Waals surface area contributed by atoms with Gasteiger partial charge in [-0.1, -0.05) is 6.58 Å². The average Bonchev–Trinajstić information content (AvgIpc) is 2.19. The van der Waals surface area contributed by atoms with Gasteiger partial charge in [-0.25, -0.2) is 9.18 Å². The predicted octanol–water partition coefficient (Wildman–Crippen LogP) is 1.97. The number of esters is 1. The van der Waals surface area contributed by atoms with Crippen molar-refractivity contribution in [3.63, 3.8) is 0 Å². The quantitative estimate of drug-likeness (QED) is 0.453. The lowest BCUT2D eigenvalue weighted by molar-refractivity contribution is -0.191. The minimum atomic E-state index is -5.15. The summed E-state index contributed by atoms with van der Waals surface area (Å²) in [6.45, 7) is -3.11. The van der Waals surface area contributed by atoms with Crippen LogP contribution in [0.25, 0.3) is 0 Å². The second kappa shape index (κ2) is 6.57. The van der Waals surface area contributed by atoms with Crippen molar-refractivity contribution in [2.24, 2.45) is 0 Å². The summed E-state index contributed by atoms with van der Waals surface area (Å²) >= 11 is 0. The van der Waals surface area contributed by atoms with Crippen LogP contribution in [0.3, 0.4) is 0 Å². The van der Waals surface area contributed by atoms with E-state index in [4.69, 9.17) is 0 Å². The number of carbonyl (C=O) groups excluding carboxylic acids is 2. The van der Waals surface area contributed by atoms with Crippen molar-refractivity contribution in [2.75, 3.05) is 19.7 Å². The summed E-state index contributed by atoms with van der Waals surface area (Å²) in [4.78, 5) is 21.2. The van der Waals surface area contributed by atoms with E-state index in [9.17, 15) is 40.3 Å². The lowest BCUT2D eigenvalue weighted by Crippen LogP contribution is -2.47. The van der Waals surface area contributed by atoms with Crippen molar-refractivity contribution in [1.29, 1.82) is 0 Å². The second-order valence-electron chi connectivity index (χ2n) is 3.48. The van der Waals surface area contributed by atoms with Crippen LogP contribution in [-0.2, 0) is 14.3 Å². The van der Waals surface area contributed by atoms with E-state index in [0.29, 0.717) is 0 Å². The van der Waals surface area contributed by atoms with Crippen molar-refractivity contribution < 1.29 is 45.1 Å². The summed E-state index contributed by atoms with van der Waals surface area (Å²) in [7, 11) is 0. The van der Waals surface area contributed by atoms with Gasteiger partial charge in [0.25, 0.3) is 0 Å². The normalized spacial score (nSPS) is 11.9. The maximum Gasteiger partial charge on any atom is 0.406 e. The van der Waals surface area contributed by atoms with E-state index >= 15 is 0 Å². The van der Waals surface area contributed by atoms with Crippen molar-refractivity contribution >= 4 is 11.9 Å². The van der Waals surface area contributed by atoms with Crippen LogP contribution in [0.5, 0.6) is 0 Å². The van der Waals surface area contributed by atoms with E-state index in [1.165, 1.54) is 0 Å². The SMILES string of the molecule is C=C(F)COC(=O)C(=O)N(CC(F)(F)F)CC(F)(F)F. The van der Waals surface area contributed by atoms with E-state index in [1.807, 2.05) is 0 Å². The first kappa shape index (κ1) is 18.2. The molecule has 0 heterocycles. The van der Waals surface area contributed by atoms with Crippen molar-refractivity contribution in [3.8, 4) is 0 Å². The van der Waals surface area contributed by atoms with Gasteiger partial charge in [-0.2, -0.15) is 26.3 Å². The molecule has 4 nitrogen and oxygen atoms in total. The largest absolute Gasteiger partial charge is 0.451 e. The molecule has 0 aromatic rings. The van der Waals surface area contributed by atoms with E-state index in [-0.39, 0.29) is 0 Å². The third-order valence-electron chi connectivity index (χ3n) is 1.56. The van der Waals surface area contributed by atoms with Gasteiger partial charge in [0.15, 0.2) is 0 Å². The van der Waals surface area contributed by atoms with Gasteiger partial charge in [-0.15, -0.1) is 0 Å². The summed E-state index contributed by atoms with van der Waals surface area (Å²) in [5, 5.41) is 0. The van der Waals surface area contributed by atoms with Crippen LogP contribution in [0, 0.1) is 0 Å². The first-order valence-corrected chi connectivity index (χ1v) is 4.74. The van der Waals surface area contributed by atoms with Crippen LogP contribution in [0.15, 0.2) is 12.4 Å². The van der Waals surface area contributed by atoms with E-state index in [2.05, 4.69) is 11.3 Å². The lowest BCUT2D eigenvalue weighted by atomic mass is 10.4. The van der Waals surface area contributed by atoms with Gasteiger partial charge in [0.05, 0.1) is 0 Å². The Morgan fingerprint density at radius 1 is 1.00 bits per heavy atom. The maximum absolute atomic E-state index is 12.1. The number of carbonyl (C=O) groups is 2. The van der Waals surface area contributed by atoms with Crippen molar-refractivity contribution in [1.82, 2.24) is 4.90 Å². The molecule has 20 heavy (non-hydrogen) atoms. The third-order valence-corrected chi connectivity index (χ3v) is 1.56. The fourth-order valence-electron chi connectivity index (χ4n) is 0.967. The molecule has 0 aliphatic carbocycles. The molecule has 0 spiro atoms. The summed E-state index contributed by atoms with van der Waals surface area (Å²) < 4.78 is 88.1. The monoisotopic (exact) mass is 311 g/mol. The first-order valence-electron chi connectivity index (χ1n) is 4.74. The van der Waals surface area contributed by atoms with Gasteiger partial charge in [0.2, 0.25) is 0 Å². The van der Waals surface area contributed by atoms with Crippen LogP contribution in [-0.4, -0.2) is 48.8 Å². The molecule has 11 heteroatoms. The minimum Gasteiger partial charge on any atom is -0.451 e. The number of ether oxygens (including phenoxy) is 1. The minimum absolute atomic E-state index is 0.788. The van der Waals surface area contributed by atoms with Crippen LogP contribution >= 0.6 is 0 Å². The molecule has 1 amide bonds. The zero-order chi connectivity index (χ0) is 16.1. The Morgan fingerprint density at radius 2 is 1.40 bits per heavy atom. The van der Waals surface area contributed by atoms with Crippen LogP contribution in [0.2, 0.25) is 0 Å². The van der Waals surface area contributed by atoms with Gasteiger partial charge in [-0.05, 0) is 0 Å². The Bertz CT molecular complexity index is 372. The molecule has 0 atom stereocenters. The number of hydrogen-bond donors (Lipinski definition) is 0. The highest BCUT2D eigenvalue weighted by Crippen LogP contribution is 2.22. The standard InChI is InChI=1S/C9H8F7NO3/c1-5(10)2-20-7(19)6(18)17(3-8(11,12)13)4-9(14,15)16/h1-4H2. The number of hydrogen-bond acceptors (Lipinski definition) is 3. The molecule has 0 saturated heterocycles. The van der Waals surface area contributed by atoms with Gasteiger partial charge in [-0.3, -0.25) is 4.79 Å². The van der Waals surface area contributed by atoms with Crippen LogP contribution < -0.4 is 0 Å². The molecule has 0 aliphatic heterocycles. The molecular formula is C9H8F7NO3. The molecule has 0 fully saturated rings. The van der Waals surface area contributed by atoms with Crippen LogP contribution in [0.4, 0.5) is 30.7 Å². The molecule has 0 aliphatic rings. The summed E-state index contributed by atoms with van der Waals surface area (Å²) in [6, 6.07) is 0. The zero-order valence-electron chi connectivity index (χ0n) is 9.65. The molecule has 0 rings (SSSR count). The Balaban J connectivity index is 4.88. The molecule has 0 radical (unpaired) electrons. The molecule has 0 unspecified atom stereocenters. The fourth-order valence-corrected chi connectivity index (χ4v) is 0.967. The summed E-state index contributed by atoms with van der Waals surface area (Å²) in [5.74, 6) is -5.46. The summed E-state index contributed by atoms with van der Waals surface area (Å²) in [5.41, 5.74) is 0. The highest BCUT2D eigenvalue weighted by atomic mass is 19.4. The smallest absolute Gasteiger partial charge is 0.406 e. The van der Waals surface area contributed by atoms with Crippen molar-refractivity contribution in [2.45, 2.75) is 12.4 Å². The van der Waals surface area contributed by atoms with Gasteiger partial charge in [0, 0.05) is 0 Å². The molecule has 0 N–H and O–H groups in total. The molecule has 0 bridgehead atoms. The second-order valence-corrected chi connectivity index (χ2v) is 3.48. The molecular weight excluding hydrogens is 303 g/mol. The average molecular weight is 311 g/mol. The number of alkyl halides is 6. The van der Waals surface area contributed by atoms with E-state index in [1.54, 1.807) is 0 Å². The van der Waals surface area contributed by atoms with Gasteiger partial charge >= 0.3 is 24.2 Å². The molecule has 0 saturated carbocycles. The fraction of sp³-hybridized carbons (Fsp3) is 0.556. The lowest BCUT2D eigenvalue weighted by Gasteiger charge is -2.23. The number of halogens is 7. The summed E-state index contributed by atoms with van der Waals surface area (Å²) in [6.07, 6.45) is -10.3. The highest BCUT2D eigenvalue weighted by molar-refractivity contribution is 6.32. The van der Waals surface area contributed by atoms with E-state index < -0.39 is 54.7 Å². The Hall–Kier alpha value is -1.81. The van der Waals surface area contributed by atoms with Gasteiger partial charge in [0.1, 0.15) is 25.5 Å². The Labute approximate surface area is 107 Å². The van der Waals surface area contributed by atoms with Gasteiger partial charge < -0.3 is 9.64 Å². The van der Waals surface area contributed by atoms with Crippen molar-refractivity contribution in [3.05, 3.63) is 12.4 Å². The molecule has 116 valence electrons. The Morgan fingerprint density at radius 3 is 1.70 bits per heavy atom. The topological polar surface area (TPSA) is 46.6 Å². The molecule has 0 aromatic heterocycles. The Kier molecular flexibility index (Phi) is 5.97. The number of amides is 1. The van der Waals surface area contributed by atoms with Crippen LogP contribution in [0.1, 0.15) is 0 Å². The first-order chi connectivity index (χ1) is 8.82. The number of rotatable bonds is 4. The number of nitrogens with zero attached hydrogens (tertiary/aromatic N) is 1. The maximum atomic E-state index is 12.1. The zero-order valence-corrected chi connectivity index (χ0v) is 9.65. The third kappa shape index (κ3) is 8.32.